The number of hydrogen-bond acceptors (Lipinski definition) is 4. The Hall–Kier alpha value is -0.560. The largest absolute Gasteiger partial charge is 0.396 e. The molecule has 0 aliphatic heterocycles. The molecule has 0 aromatic heterocycles. The van der Waals surface area contributed by atoms with Crippen molar-refractivity contribution in [1.82, 2.24) is 4.72 Å². The topological polar surface area (TPSA) is 66.4 Å². The van der Waals surface area contributed by atoms with Crippen LogP contribution in [0.1, 0.15) is 26.7 Å². The number of hydrogen-bond donors (Lipinski definition) is 2. The van der Waals surface area contributed by atoms with E-state index in [1.54, 1.807) is 18.2 Å². The summed E-state index contributed by atoms with van der Waals surface area (Å²) in [6.45, 7) is 4.45. The third-order valence-corrected chi connectivity index (χ3v) is 5.44. The summed E-state index contributed by atoms with van der Waals surface area (Å²) in [5.41, 5.74) is 0. The molecule has 0 bridgehead atoms. The van der Waals surface area contributed by atoms with Gasteiger partial charge in [-0.1, -0.05) is 26.0 Å². The van der Waals surface area contributed by atoms with Crippen LogP contribution >= 0.6 is 11.8 Å². The van der Waals surface area contributed by atoms with E-state index < -0.39 is 10.0 Å². The van der Waals surface area contributed by atoms with Crippen molar-refractivity contribution in [3.8, 4) is 0 Å². The average molecular weight is 303 g/mol. The first-order valence-electron chi connectivity index (χ1n) is 6.37. The molecule has 0 spiro atoms. The van der Waals surface area contributed by atoms with Gasteiger partial charge in [0, 0.05) is 23.3 Å². The minimum atomic E-state index is -3.45. The lowest BCUT2D eigenvalue weighted by atomic mass is 10.3. The first-order chi connectivity index (χ1) is 9.01. The van der Waals surface area contributed by atoms with Crippen LogP contribution in [0.3, 0.4) is 0 Å². The van der Waals surface area contributed by atoms with Gasteiger partial charge >= 0.3 is 0 Å². The Morgan fingerprint density at radius 1 is 1.37 bits per heavy atom. The van der Waals surface area contributed by atoms with Gasteiger partial charge in [0.1, 0.15) is 0 Å². The zero-order valence-corrected chi connectivity index (χ0v) is 12.9. The van der Waals surface area contributed by atoms with E-state index in [1.165, 1.54) is 11.8 Å². The molecule has 1 aromatic carbocycles. The molecule has 2 N–H and O–H groups in total. The molecule has 0 saturated carbocycles. The van der Waals surface area contributed by atoms with Crippen molar-refractivity contribution < 1.29 is 13.5 Å². The maximum Gasteiger partial charge on any atom is 0.241 e. The molecule has 0 amide bonds. The standard InChI is InChI=1S/C13H21NO3S2/c1-3-9-14-19(16,17)13-7-5-4-6-12(13)18-11(2)8-10-15/h4-7,11,14-15H,3,8-10H2,1-2H3. The van der Waals surface area contributed by atoms with Crippen LogP contribution in [0.2, 0.25) is 0 Å². The van der Waals surface area contributed by atoms with Crippen LogP contribution in [-0.4, -0.2) is 31.9 Å². The summed E-state index contributed by atoms with van der Waals surface area (Å²) >= 11 is 1.48. The molecule has 0 fully saturated rings. The number of nitrogens with one attached hydrogen (secondary N) is 1. The number of rotatable bonds is 8. The van der Waals surface area contributed by atoms with Gasteiger partial charge in [0.2, 0.25) is 10.0 Å². The molecule has 0 aliphatic carbocycles. The van der Waals surface area contributed by atoms with Crippen LogP contribution in [0.25, 0.3) is 0 Å². The van der Waals surface area contributed by atoms with Crippen molar-refractivity contribution in [2.24, 2.45) is 0 Å². The Morgan fingerprint density at radius 3 is 2.68 bits per heavy atom. The summed E-state index contributed by atoms with van der Waals surface area (Å²) in [7, 11) is -3.45. The first-order valence-corrected chi connectivity index (χ1v) is 8.73. The molecular weight excluding hydrogens is 282 g/mol. The van der Waals surface area contributed by atoms with Crippen LogP contribution in [0, 0.1) is 0 Å². The van der Waals surface area contributed by atoms with Gasteiger partial charge in [0.15, 0.2) is 0 Å². The molecule has 0 radical (unpaired) electrons. The minimum absolute atomic E-state index is 0.108. The summed E-state index contributed by atoms with van der Waals surface area (Å²) in [6, 6.07) is 6.97. The molecule has 4 nitrogen and oxygen atoms in total. The monoisotopic (exact) mass is 303 g/mol. The quantitative estimate of drug-likeness (QED) is 0.723. The van der Waals surface area contributed by atoms with E-state index in [0.717, 1.165) is 11.3 Å². The molecule has 0 aliphatic rings. The second-order valence-electron chi connectivity index (χ2n) is 4.29. The van der Waals surface area contributed by atoms with E-state index in [2.05, 4.69) is 4.72 Å². The van der Waals surface area contributed by atoms with Crippen LogP contribution in [-0.2, 0) is 10.0 Å². The van der Waals surface area contributed by atoms with Crippen molar-refractivity contribution >= 4 is 21.8 Å². The zero-order valence-electron chi connectivity index (χ0n) is 11.3. The van der Waals surface area contributed by atoms with Crippen LogP contribution in [0.4, 0.5) is 0 Å². The highest BCUT2D eigenvalue weighted by molar-refractivity contribution is 8.00. The number of aliphatic hydroxyl groups is 1. The minimum Gasteiger partial charge on any atom is -0.396 e. The fourth-order valence-electron chi connectivity index (χ4n) is 1.54. The average Bonchev–Trinajstić information content (AvgIpc) is 2.37. The Labute approximate surface area is 119 Å². The van der Waals surface area contributed by atoms with Gasteiger partial charge < -0.3 is 5.11 Å². The van der Waals surface area contributed by atoms with Crippen LogP contribution in [0.5, 0.6) is 0 Å². The fraction of sp³-hybridized carbons (Fsp3) is 0.538. The molecule has 6 heteroatoms. The molecule has 19 heavy (non-hydrogen) atoms. The van der Waals surface area contributed by atoms with Crippen LogP contribution in [0.15, 0.2) is 34.1 Å². The van der Waals surface area contributed by atoms with Gasteiger partial charge in [-0.2, -0.15) is 0 Å². The van der Waals surface area contributed by atoms with Crippen molar-refractivity contribution in [2.75, 3.05) is 13.2 Å². The summed E-state index contributed by atoms with van der Waals surface area (Å²) < 4.78 is 26.9. The van der Waals surface area contributed by atoms with Gasteiger partial charge in [-0.3, -0.25) is 0 Å². The highest BCUT2D eigenvalue weighted by Crippen LogP contribution is 2.30. The van der Waals surface area contributed by atoms with Crippen molar-refractivity contribution in [3.63, 3.8) is 0 Å². The Morgan fingerprint density at radius 2 is 2.05 bits per heavy atom. The Bertz CT molecular complexity index is 488. The summed E-state index contributed by atoms with van der Waals surface area (Å²) in [4.78, 5) is 1.05. The Balaban J connectivity index is 2.95. The van der Waals surface area contributed by atoms with Crippen molar-refractivity contribution in [2.45, 2.75) is 41.7 Å². The molecule has 1 atom stereocenters. The smallest absolute Gasteiger partial charge is 0.241 e. The third kappa shape index (κ3) is 5.14. The second-order valence-corrected chi connectivity index (χ2v) is 7.50. The molecule has 1 rings (SSSR count). The van der Waals surface area contributed by atoms with E-state index in [-0.39, 0.29) is 11.9 Å². The summed E-state index contributed by atoms with van der Waals surface area (Å²) in [6.07, 6.45) is 1.40. The number of aliphatic hydroxyl groups excluding tert-OH is 1. The summed E-state index contributed by atoms with van der Waals surface area (Å²) in [5.74, 6) is 0. The van der Waals surface area contributed by atoms with Gasteiger partial charge in [-0.05, 0) is 25.0 Å². The predicted molar refractivity (Wildman–Crippen MR) is 78.9 cm³/mol. The van der Waals surface area contributed by atoms with Gasteiger partial charge in [-0.15, -0.1) is 11.8 Å². The Kier molecular flexibility index (Phi) is 6.85. The molecule has 0 heterocycles. The van der Waals surface area contributed by atoms with E-state index >= 15 is 0 Å². The molecule has 1 aromatic rings. The van der Waals surface area contributed by atoms with E-state index in [1.807, 2.05) is 19.9 Å². The van der Waals surface area contributed by atoms with Gasteiger partial charge in [0.05, 0.1) is 4.90 Å². The number of benzene rings is 1. The highest BCUT2D eigenvalue weighted by atomic mass is 32.2. The number of thioether (sulfide) groups is 1. The zero-order chi connectivity index (χ0) is 14.3. The van der Waals surface area contributed by atoms with Crippen LogP contribution < -0.4 is 4.72 Å². The lowest BCUT2D eigenvalue weighted by molar-refractivity contribution is 0.289. The lowest BCUT2D eigenvalue weighted by Crippen LogP contribution is -2.25. The van der Waals surface area contributed by atoms with Gasteiger partial charge in [0.25, 0.3) is 0 Å². The molecule has 0 saturated heterocycles. The lowest BCUT2D eigenvalue weighted by Gasteiger charge is -2.14. The van der Waals surface area contributed by atoms with Crippen molar-refractivity contribution in [3.05, 3.63) is 24.3 Å². The molecule has 1 unspecified atom stereocenters. The van der Waals surface area contributed by atoms with Crippen molar-refractivity contribution in [1.29, 1.82) is 0 Å². The molecule has 108 valence electrons. The normalized spacial score (nSPS) is 13.4. The number of sulfonamides is 1. The van der Waals surface area contributed by atoms with E-state index in [4.69, 9.17) is 5.11 Å². The fourth-order valence-corrected chi connectivity index (χ4v) is 4.23. The summed E-state index contributed by atoms with van der Waals surface area (Å²) in [5, 5.41) is 9.09. The van der Waals surface area contributed by atoms with E-state index in [0.29, 0.717) is 17.9 Å². The van der Waals surface area contributed by atoms with Gasteiger partial charge in [-0.25, -0.2) is 13.1 Å². The predicted octanol–water partition coefficient (Wildman–Crippen LogP) is 2.24. The van der Waals surface area contributed by atoms with E-state index in [9.17, 15) is 8.42 Å². The highest BCUT2D eigenvalue weighted by Gasteiger charge is 2.18. The maximum absolute atomic E-state index is 12.2. The first kappa shape index (κ1) is 16.5. The SMILES string of the molecule is CCCNS(=O)(=O)c1ccccc1SC(C)CCO. The molecular formula is C13H21NO3S2. The third-order valence-electron chi connectivity index (χ3n) is 2.54. The second kappa shape index (κ2) is 7.89. The maximum atomic E-state index is 12.2.